The van der Waals surface area contributed by atoms with Crippen LogP contribution < -0.4 is 15.8 Å². The van der Waals surface area contributed by atoms with E-state index in [4.69, 9.17) is 20.9 Å². The first kappa shape index (κ1) is 16.4. The fraction of sp³-hybridized carbons (Fsp3) is 0.300. The number of nitrogens with two attached hydrogens (primary N) is 1. The maximum Gasteiger partial charge on any atom is 0.145 e. The standard InChI is InChI=1S/C20H23N5O/c21-18(22)12-26-15-7-5-13(6-8-15)17-11-19(24-14-3-1-2-4-14)25-20-16(17)9-10-23-20/h5-11,14H,1-4,12H2,(H3,21,22)(H2,23,24,25). The normalized spacial score (nSPS) is 14.6. The molecular weight excluding hydrogens is 326 g/mol. The molecule has 0 aliphatic heterocycles. The van der Waals surface area contributed by atoms with Crippen LogP contribution in [-0.4, -0.2) is 28.5 Å². The van der Waals surface area contributed by atoms with Crippen molar-refractivity contribution in [3.63, 3.8) is 0 Å². The molecule has 6 nitrogen and oxygen atoms in total. The minimum absolute atomic E-state index is 0.0138. The van der Waals surface area contributed by atoms with Crippen LogP contribution >= 0.6 is 0 Å². The van der Waals surface area contributed by atoms with Crippen LogP contribution in [0.1, 0.15) is 25.7 Å². The summed E-state index contributed by atoms with van der Waals surface area (Å²) in [6.07, 6.45) is 6.92. The Hall–Kier alpha value is -3.02. The summed E-state index contributed by atoms with van der Waals surface area (Å²) in [5.41, 5.74) is 8.46. The molecule has 2 aromatic heterocycles. The number of nitrogens with one attached hydrogen (secondary N) is 3. The van der Waals surface area contributed by atoms with Crippen molar-refractivity contribution in [1.29, 1.82) is 5.41 Å². The van der Waals surface area contributed by atoms with Crippen LogP contribution in [0.4, 0.5) is 5.82 Å². The quantitative estimate of drug-likeness (QED) is 0.400. The van der Waals surface area contributed by atoms with E-state index in [1.165, 1.54) is 25.7 Å². The number of hydrogen-bond acceptors (Lipinski definition) is 4. The zero-order valence-corrected chi connectivity index (χ0v) is 14.6. The van der Waals surface area contributed by atoms with E-state index in [9.17, 15) is 0 Å². The topological polar surface area (TPSA) is 99.8 Å². The molecule has 4 rings (SSSR count). The number of aromatic amines is 1. The smallest absolute Gasteiger partial charge is 0.145 e. The van der Waals surface area contributed by atoms with Gasteiger partial charge in [0.15, 0.2) is 0 Å². The lowest BCUT2D eigenvalue weighted by atomic mass is 10.0. The Morgan fingerprint density at radius 2 is 2.00 bits per heavy atom. The van der Waals surface area contributed by atoms with Crippen LogP contribution in [0, 0.1) is 5.41 Å². The molecule has 1 aliphatic rings. The van der Waals surface area contributed by atoms with Crippen LogP contribution in [0.25, 0.3) is 22.2 Å². The molecule has 1 aromatic carbocycles. The van der Waals surface area contributed by atoms with E-state index < -0.39 is 0 Å². The minimum atomic E-state index is 0.0138. The van der Waals surface area contributed by atoms with Gasteiger partial charge >= 0.3 is 0 Å². The first-order valence-electron chi connectivity index (χ1n) is 9.00. The van der Waals surface area contributed by atoms with E-state index in [0.29, 0.717) is 11.8 Å². The second-order valence-corrected chi connectivity index (χ2v) is 6.76. The number of hydrogen-bond donors (Lipinski definition) is 4. The van der Waals surface area contributed by atoms with Gasteiger partial charge in [0.2, 0.25) is 0 Å². The molecule has 3 aromatic rings. The Morgan fingerprint density at radius 3 is 2.73 bits per heavy atom. The van der Waals surface area contributed by atoms with E-state index in [0.717, 1.165) is 28.0 Å². The fourth-order valence-corrected chi connectivity index (χ4v) is 3.52. The van der Waals surface area contributed by atoms with Crippen LogP contribution in [0.3, 0.4) is 0 Å². The first-order chi connectivity index (χ1) is 12.7. The number of rotatable bonds is 6. The summed E-state index contributed by atoms with van der Waals surface area (Å²) < 4.78 is 5.46. The highest BCUT2D eigenvalue weighted by atomic mass is 16.5. The number of fused-ring (bicyclic) bond motifs is 1. The van der Waals surface area contributed by atoms with Gasteiger partial charge < -0.3 is 20.8 Å². The van der Waals surface area contributed by atoms with Crippen molar-refractivity contribution < 1.29 is 4.74 Å². The summed E-state index contributed by atoms with van der Waals surface area (Å²) in [4.78, 5) is 7.95. The lowest BCUT2D eigenvalue weighted by Crippen LogP contribution is -2.19. The van der Waals surface area contributed by atoms with Crippen molar-refractivity contribution in [3.05, 3.63) is 42.6 Å². The Bertz CT molecular complexity index is 910. The maximum atomic E-state index is 7.24. The van der Waals surface area contributed by atoms with Crippen LogP contribution in [-0.2, 0) is 0 Å². The number of anilines is 1. The molecule has 1 saturated carbocycles. The van der Waals surface area contributed by atoms with E-state index in [2.05, 4.69) is 22.4 Å². The predicted octanol–water partition coefficient (Wildman–Crippen LogP) is 3.90. The van der Waals surface area contributed by atoms with Gasteiger partial charge in [0, 0.05) is 17.6 Å². The zero-order valence-electron chi connectivity index (χ0n) is 14.6. The van der Waals surface area contributed by atoms with Crippen molar-refractivity contribution in [2.24, 2.45) is 5.73 Å². The molecule has 5 N–H and O–H groups in total. The molecular formula is C20H23N5O. The number of ether oxygens (including phenoxy) is 1. The lowest BCUT2D eigenvalue weighted by Gasteiger charge is -2.14. The van der Waals surface area contributed by atoms with Gasteiger partial charge in [-0.15, -0.1) is 0 Å². The molecule has 0 amide bonds. The van der Waals surface area contributed by atoms with Crippen LogP contribution in [0.5, 0.6) is 5.75 Å². The van der Waals surface area contributed by atoms with Gasteiger partial charge in [0.25, 0.3) is 0 Å². The van der Waals surface area contributed by atoms with Crippen LogP contribution in [0.15, 0.2) is 42.6 Å². The van der Waals surface area contributed by atoms with Gasteiger partial charge in [0.05, 0.1) is 0 Å². The summed E-state index contributed by atoms with van der Waals surface area (Å²) >= 11 is 0. The SMILES string of the molecule is N=C(N)COc1ccc(-c2cc(NC3CCCC3)nc3[nH]ccc23)cc1. The Morgan fingerprint density at radius 1 is 1.23 bits per heavy atom. The fourth-order valence-electron chi connectivity index (χ4n) is 3.52. The second-order valence-electron chi connectivity index (χ2n) is 6.76. The van der Waals surface area contributed by atoms with Crippen molar-refractivity contribution in [3.8, 4) is 16.9 Å². The van der Waals surface area contributed by atoms with E-state index in [-0.39, 0.29) is 12.4 Å². The Balaban J connectivity index is 1.63. The van der Waals surface area contributed by atoms with Gasteiger partial charge in [-0.05, 0) is 48.2 Å². The molecule has 0 spiro atoms. The van der Waals surface area contributed by atoms with E-state index in [1.807, 2.05) is 30.5 Å². The van der Waals surface area contributed by atoms with Crippen LogP contribution in [0.2, 0.25) is 0 Å². The monoisotopic (exact) mass is 349 g/mol. The highest BCUT2D eigenvalue weighted by Gasteiger charge is 2.16. The molecule has 2 heterocycles. The summed E-state index contributed by atoms with van der Waals surface area (Å²) in [7, 11) is 0. The van der Waals surface area contributed by atoms with Gasteiger partial charge in [-0.25, -0.2) is 4.98 Å². The highest BCUT2D eigenvalue weighted by molar-refractivity contribution is 5.94. The summed E-state index contributed by atoms with van der Waals surface area (Å²) in [5.74, 6) is 1.63. The Kier molecular flexibility index (Phi) is 4.48. The van der Waals surface area contributed by atoms with Crippen molar-refractivity contribution in [1.82, 2.24) is 9.97 Å². The van der Waals surface area contributed by atoms with Crippen molar-refractivity contribution >= 4 is 22.7 Å². The number of amidine groups is 1. The van der Waals surface area contributed by atoms with Gasteiger partial charge in [-0.1, -0.05) is 25.0 Å². The molecule has 0 bridgehead atoms. The lowest BCUT2D eigenvalue weighted by molar-refractivity contribution is 0.374. The van der Waals surface area contributed by atoms with Gasteiger partial charge in [-0.2, -0.15) is 0 Å². The van der Waals surface area contributed by atoms with Crippen molar-refractivity contribution in [2.75, 3.05) is 11.9 Å². The molecule has 0 radical (unpaired) electrons. The average molecular weight is 349 g/mol. The molecule has 0 unspecified atom stereocenters. The molecule has 0 atom stereocenters. The number of nitrogens with zero attached hydrogens (tertiary/aromatic N) is 1. The second kappa shape index (κ2) is 7.07. The van der Waals surface area contributed by atoms with Crippen molar-refractivity contribution in [2.45, 2.75) is 31.7 Å². The molecule has 0 saturated heterocycles. The number of benzene rings is 1. The molecule has 134 valence electrons. The average Bonchev–Trinajstić information content (AvgIpc) is 3.31. The third-order valence-electron chi connectivity index (χ3n) is 4.80. The largest absolute Gasteiger partial charge is 0.486 e. The van der Waals surface area contributed by atoms with Gasteiger partial charge in [-0.3, -0.25) is 5.41 Å². The summed E-state index contributed by atoms with van der Waals surface area (Å²) in [6, 6.07) is 12.6. The zero-order chi connectivity index (χ0) is 17.9. The summed E-state index contributed by atoms with van der Waals surface area (Å²) in [5, 5.41) is 11.9. The third kappa shape index (κ3) is 3.49. The number of H-pyrrole nitrogens is 1. The van der Waals surface area contributed by atoms with E-state index in [1.54, 1.807) is 0 Å². The number of aromatic nitrogens is 2. The first-order valence-corrected chi connectivity index (χ1v) is 9.00. The van der Waals surface area contributed by atoms with E-state index >= 15 is 0 Å². The highest BCUT2D eigenvalue weighted by Crippen LogP contribution is 2.32. The molecule has 6 heteroatoms. The maximum absolute atomic E-state index is 7.24. The predicted molar refractivity (Wildman–Crippen MR) is 105 cm³/mol. The molecule has 26 heavy (non-hydrogen) atoms. The molecule has 1 aliphatic carbocycles. The third-order valence-corrected chi connectivity index (χ3v) is 4.80. The number of pyridine rings is 1. The summed E-state index contributed by atoms with van der Waals surface area (Å²) in [6.45, 7) is 0.103. The molecule has 1 fully saturated rings. The minimum Gasteiger partial charge on any atom is -0.486 e. The Labute approximate surface area is 152 Å². The van der Waals surface area contributed by atoms with Gasteiger partial charge in [0.1, 0.15) is 29.7 Å².